The van der Waals surface area contributed by atoms with E-state index < -0.39 is 31.7 Å². The zero-order chi connectivity index (χ0) is 30.9. The summed E-state index contributed by atoms with van der Waals surface area (Å²) >= 11 is 1.59. The van der Waals surface area contributed by atoms with Crippen molar-refractivity contribution >= 4 is 65.6 Å². The van der Waals surface area contributed by atoms with Crippen LogP contribution in [0.15, 0.2) is 74.5 Å². The van der Waals surface area contributed by atoms with E-state index in [0.717, 1.165) is 48.6 Å². The average Bonchev–Trinajstić information content (AvgIpc) is 3.44. The van der Waals surface area contributed by atoms with Gasteiger partial charge in [-0.25, -0.2) is 16.8 Å². The molecule has 0 spiro atoms. The fourth-order valence-corrected chi connectivity index (χ4v) is 7.47. The van der Waals surface area contributed by atoms with Gasteiger partial charge < -0.3 is 18.4 Å². The Bertz CT molecular complexity index is 1980. The van der Waals surface area contributed by atoms with Crippen LogP contribution < -0.4 is 60.9 Å². The van der Waals surface area contributed by atoms with Crippen LogP contribution in [-0.4, -0.2) is 44.0 Å². The van der Waals surface area contributed by atoms with Crippen LogP contribution in [0.1, 0.15) is 43.2 Å². The van der Waals surface area contributed by atoms with E-state index in [1.54, 1.807) is 11.8 Å². The minimum Gasteiger partial charge on any atom is -0.748 e. The van der Waals surface area contributed by atoms with Crippen LogP contribution in [0, 0.1) is 13.8 Å². The molecule has 13 heteroatoms. The molecule has 5 rings (SSSR count). The van der Waals surface area contributed by atoms with Crippen LogP contribution in [0.4, 0.5) is 5.69 Å². The van der Waals surface area contributed by atoms with Gasteiger partial charge in [0.25, 0.3) is 5.52 Å². The van der Waals surface area contributed by atoms with Crippen molar-refractivity contribution < 1.29 is 86.3 Å². The fourth-order valence-electron chi connectivity index (χ4n) is 5.26. The SMILES string of the molecule is CCC(=C/c1oc2ccc3ccccc3c2[n+]1CCCS(=O)(=O)[O-])/C=C1\Sc2cc(C)c(C)cc2N1CCCS(=O)(=O)[O-].[K+]. The Hall–Kier alpha value is -1.52. The molecule has 0 N–H and O–H groups in total. The summed E-state index contributed by atoms with van der Waals surface area (Å²) < 4.78 is 76.3. The Morgan fingerprint density at radius 3 is 2.36 bits per heavy atom. The summed E-state index contributed by atoms with van der Waals surface area (Å²) in [5, 5.41) is 2.87. The Morgan fingerprint density at radius 1 is 0.977 bits per heavy atom. The van der Waals surface area contributed by atoms with E-state index in [2.05, 4.69) is 17.0 Å². The number of nitrogens with zero attached hydrogens (tertiary/aromatic N) is 2. The minimum atomic E-state index is -4.37. The molecule has 0 aliphatic carbocycles. The van der Waals surface area contributed by atoms with Crippen molar-refractivity contribution in [3.05, 3.63) is 82.2 Å². The largest absolute Gasteiger partial charge is 1.00 e. The van der Waals surface area contributed by atoms with Gasteiger partial charge in [-0.15, -0.1) is 0 Å². The molecule has 0 atom stereocenters. The van der Waals surface area contributed by atoms with Crippen molar-refractivity contribution in [1.82, 2.24) is 0 Å². The minimum absolute atomic E-state index is 0. The van der Waals surface area contributed by atoms with E-state index >= 15 is 0 Å². The number of hydrogen-bond donors (Lipinski definition) is 0. The maximum absolute atomic E-state index is 11.4. The number of aromatic nitrogens is 1. The first-order chi connectivity index (χ1) is 20.3. The van der Waals surface area contributed by atoms with Crippen LogP contribution in [0.25, 0.3) is 27.9 Å². The molecule has 0 amide bonds. The van der Waals surface area contributed by atoms with Crippen molar-refractivity contribution in [2.24, 2.45) is 0 Å². The molecular formula is C31H33KN2O7S3. The summed E-state index contributed by atoms with van der Waals surface area (Å²) in [6, 6.07) is 15.9. The van der Waals surface area contributed by atoms with Gasteiger partial charge in [-0.2, -0.15) is 4.57 Å². The first-order valence-corrected chi connectivity index (χ1v) is 18.0. The molecule has 44 heavy (non-hydrogen) atoms. The molecule has 0 radical (unpaired) electrons. The number of aryl methyl sites for hydroxylation is 3. The zero-order valence-corrected chi connectivity index (χ0v) is 30.8. The van der Waals surface area contributed by atoms with Crippen LogP contribution in [-0.2, 0) is 26.8 Å². The number of anilines is 1. The third kappa shape index (κ3) is 8.43. The van der Waals surface area contributed by atoms with Gasteiger partial charge in [0.05, 0.1) is 42.4 Å². The van der Waals surface area contributed by atoms with E-state index in [1.165, 1.54) is 0 Å². The Balaban J connectivity index is 0.00000442. The standard InChI is InChI=1S/C31H34N2O7S3.K/c1-4-23(20-30-32(13-7-15-42(34,35)36)26-17-21(2)22(3)18-28(26)41-30)19-29-33(14-8-16-43(37,38)39)31-25-10-6-5-9-24(25)11-12-27(31)40-29;/h5-6,9-12,17-20H,4,7-8,13-16H2,1-3H3,(H-,34,35,36,37,38,39);/q;+1/p-1. The van der Waals surface area contributed by atoms with Crippen LogP contribution in [0.5, 0.6) is 0 Å². The molecule has 0 fully saturated rings. The molecule has 1 aliphatic rings. The number of fused-ring (bicyclic) bond motifs is 4. The monoisotopic (exact) mass is 680 g/mol. The van der Waals surface area contributed by atoms with Gasteiger partial charge in [0, 0.05) is 29.4 Å². The Kier molecular flexibility index (Phi) is 11.6. The maximum Gasteiger partial charge on any atom is 1.00 e. The first-order valence-electron chi connectivity index (χ1n) is 14.0. The fraction of sp³-hybridized carbons (Fsp3) is 0.323. The number of oxazole rings is 1. The van der Waals surface area contributed by atoms with Gasteiger partial charge in [0.15, 0.2) is 6.54 Å². The smallest absolute Gasteiger partial charge is 0.748 e. The van der Waals surface area contributed by atoms with Crippen molar-refractivity contribution in [2.45, 2.75) is 51.5 Å². The second-order valence-electron chi connectivity index (χ2n) is 10.7. The van der Waals surface area contributed by atoms with Crippen molar-refractivity contribution in [3.63, 3.8) is 0 Å². The predicted molar refractivity (Wildman–Crippen MR) is 168 cm³/mol. The molecular weight excluding hydrogens is 648 g/mol. The summed E-state index contributed by atoms with van der Waals surface area (Å²) in [4.78, 5) is 3.11. The number of benzene rings is 3. The average molecular weight is 681 g/mol. The molecule has 1 aromatic heterocycles. The Morgan fingerprint density at radius 2 is 1.66 bits per heavy atom. The zero-order valence-electron chi connectivity index (χ0n) is 25.2. The summed E-state index contributed by atoms with van der Waals surface area (Å²) in [6.07, 6.45) is 4.94. The van der Waals surface area contributed by atoms with Crippen molar-refractivity contribution in [2.75, 3.05) is 23.0 Å². The molecule has 9 nitrogen and oxygen atoms in total. The quantitative estimate of drug-likeness (QED) is 0.133. The van der Waals surface area contributed by atoms with E-state index in [-0.39, 0.29) is 70.8 Å². The molecule has 3 aromatic carbocycles. The van der Waals surface area contributed by atoms with E-state index in [9.17, 15) is 25.9 Å². The third-order valence-corrected chi connectivity index (χ3v) is 10.2. The molecule has 4 aromatic rings. The van der Waals surface area contributed by atoms with E-state index in [4.69, 9.17) is 4.42 Å². The molecule has 0 unspecified atom stereocenters. The first kappa shape index (κ1) is 35.3. The number of allylic oxidation sites excluding steroid dienone is 2. The number of hydrogen-bond acceptors (Lipinski definition) is 9. The molecule has 0 saturated heterocycles. The van der Waals surface area contributed by atoms with Gasteiger partial charge in [-0.1, -0.05) is 43.0 Å². The summed E-state index contributed by atoms with van der Waals surface area (Å²) in [5.74, 6) is -0.392. The number of thioether (sulfide) groups is 1. The summed E-state index contributed by atoms with van der Waals surface area (Å²) in [6.45, 7) is 6.74. The molecule has 1 aliphatic heterocycles. The molecule has 0 bridgehead atoms. The summed E-state index contributed by atoms with van der Waals surface area (Å²) in [5.41, 5.74) is 5.64. The van der Waals surface area contributed by atoms with Crippen molar-refractivity contribution in [3.8, 4) is 0 Å². The van der Waals surface area contributed by atoms with Gasteiger partial charge in [-0.05, 0) is 79.1 Å². The second-order valence-corrected chi connectivity index (χ2v) is 14.8. The normalized spacial score (nSPS) is 14.9. The van der Waals surface area contributed by atoms with Crippen molar-refractivity contribution in [1.29, 1.82) is 0 Å². The molecule has 0 saturated carbocycles. The molecule has 228 valence electrons. The van der Waals surface area contributed by atoms with Gasteiger partial charge in [0.2, 0.25) is 5.58 Å². The third-order valence-electron chi connectivity index (χ3n) is 7.54. The van der Waals surface area contributed by atoms with E-state index in [1.807, 2.05) is 73.9 Å². The Labute approximate surface area is 305 Å². The second kappa shape index (κ2) is 14.5. The topological polar surface area (TPSA) is 135 Å². The van der Waals surface area contributed by atoms with Gasteiger partial charge in [-0.3, -0.25) is 0 Å². The van der Waals surface area contributed by atoms with Crippen LogP contribution in [0.2, 0.25) is 0 Å². The van der Waals surface area contributed by atoms with Crippen LogP contribution >= 0.6 is 11.8 Å². The number of rotatable bonds is 11. The maximum atomic E-state index is 11.4. The van der Waals surface area contributed by atoms with Gasteiger partial charge >= 0.3 is 57.3 Å². The predicted octanol–water partition coefficient (Wildman–Crippen LogP) is 2.61. The molecule has 2 heterocycles. The summed E-state index contributed by atoms with van der Waals surface area (Å²) in [7, 11) is -8.70. The van der Waals surface area contributed by atoms with E-state index in [0.29, 0.717) is 24.4 Å². The van der Waals surface area contributed by atoms with Crippen LogP contribution in [0.3, 0.4) is 0 Å². The van der Waals surface area contributed by atoms with Gasteiger partial charge in [0.1, 0.15) is 0 Å².